The summed E-state index contributed by atoms with van der Waals surface area (Å²) in [7, 11) is 0. The van der Waals surface area contributed by atoms with Crippen molar-refractivity contribution >= 4 is 22.9 Å². The predicted molar refractivity (Wildman–Crippen MR) is 65.3 cm³/mol. The number of carbonyl (C=O) groups excluding carboxylic acids is 1. The molecule has 2 rings (SSSR count). The van der Waals surface area contributed by atoms with Crippen LogP contribution in [0.4, 0.5) is 4.39 Å². The molecule has 1 aromatic heterocycles. The molecule has 0 N–H and O–H groups in total. The Labute approximate surface area is 98.5 Å². The van der Waals surface area contributed by atoms with E-state index in [0.717, 1.165) is 5.57 Å². The van der Waals surface area contributed by atoms with Gasteiger partial charge in [-0.2, -0.15) is 5.10 Å². The standard InChI is InChI=1S/C13H13FN2O/c1-8(2)7-16-12-6-10(14)4-5-11(12)13(15-16)9(3)17/h4-7H,1-3H3. The van der Waals surface area contributed by atoms with E-state index in [9.17, 15) is 9.18 Å². The van der Waals surface area contributed by atoms with Crippen LogP contribution in [0.15, 0.2) is 23.8 Å². The molecule has 4 heteroatoms. The highest BCUT2D eigenvalue weighted by atomic mass is 19.1. The molecule has 0 aliphatic heterocycles. The number of aromatic nitrogens is 2. The van der Waals surface area contributed by atoms with E-state index in [1.165, 1.54) is 19.1 Å². The van der Waals surface area contributed by atoms with Gasteiger partial charge in [0, 0.05) is 24.6 Å². The van der Waals surface area contributed by atoms with Crippen molar-refractivity contribution in [3.05, 3.63) is 35.3 Å². The summed E-state index contributed by atoms with van der Waals surface area (Å²) in [6.45, 7) is 5.29. The molecule has 0 saturated heterocycles. The van der Waals surface area contributed by atoms with Crippen LogP contribution >= 0.6 is 0 Å². The Morgan fingerprint density at radius 2 is 2.06 bits per heavy atom. The van der Waals surface area contributed by atoms with Crippen LogP contribution < -0.4 is 0 Å². The topological polar surface area (TPSA) is 34.9 Å². The normalized spacial score (nSPS) is 10.6. The van der Waals surface area contributed by atoms with Gasteiger partial charge in [0.15, 0.2) is 5.78 Å². The van der Waals surface area contributed by atoms with Gasteiger partial charge in [-0.15, -0.1) is 0 Å². The molecule has 2 aromatic rings. The molecule has 0 unspecified atom stereocenters. The summed E-state index contributed by atoms with van der Waals surface area (Å²) in [5, 5.41) is 4.87. The van der Waals surface area contributed by atoms with Crippen LogP contribution in [-0.4, -0.2) is 15.6 Å². The number of carbonyl (C=O) groups is 1. The first kappa shape index (κ1) is 11.5. The van der Waals surface area contributed by atoms with Gasteiger partial charge in [-0.3, -0.25) is 4.79 Å². The molecule has 17 heavy (non-hydrogen) atoms. The molecule has 0 radical (unpaired) electrons. The van der Waals surface area contributed by atoms with Crippen molar-refractivity contribution in [3.8, 4) is 0 Å². The average molecular weight is 232 g/mol. The van der Waals surface area contributed by atoms with Gasteiger partial charge in [0.25, 0.3) is 0 Å². The van der Waals surface area contributed by atoms with Crippen molar-refractivity contribution in [3.63, 3.8) is 0 Å². The average Bonchev–Trinajstić information content (AvgIpc) is 2.56. The summed E-state index contributed by atoms with van der Waals surface area (Å²) >= 11 is 0. The molecular formula is C13H13FN2O. The Morgan fingerprint density at radius 3 is 2.65 bits per heavy atom. The Hall–Kier alpha value is -1.97. The van der Waals surface area contributed by atoms with Gasteiger partial charge < -0.3 is 0 Å². The summed E-state index contributed by atoms with van der Waals surface area (Å²) in [5.74, 6) is -0.460. The molecule has 3 nitrogen and oxygen atoms in total. The number of ketones is 1. The highest BCUT2D eigenvalue weighted by molar-refractivity contribution is 6.05. The van der Waals surface area contributed by atoms with E-state index in [1.807, 2.05) is 13.8 Å². The third-order valence-corrected chi connectivity index (χ3v) is 2.38. The molecule has 0 bridgehead atoms. The van der Waals surface area contributed by atoms with Crippen LogP contribution in [0, 0.1) is 5.82 Å². The fourth-order valence-corrected chi connectivity index (χ4v) is 1.71. The second kappa shape index (κ2) is 4.13. The number of hydrogen-bond donors (Lipinski definition) is 0. The van der Waals surface area contributed by atoms with Crippen LogP contribution in [0.2, 0.25) is 0 Å². The number of benzene rings is 1. The quantitative estimate of drug-likeness (QED) is 0.745. The molecule has 0 spiro atoms. The molecule has 1 aromatic carbocycles. The highest BCUT2D eigenvalue weighted by Gasteiger charge is 2.13. The van der Waals surface area contributed by atoms with E-state index < -0.39 is 0 Å². The van der Waals surface area contributed by atoms with Crippen molar-refractivity contribution in [2.45, 2.75) is 20.8 Å². The third-order valence-electron chi connectivity index (χ3n) is 2.38. The number of Topliss-reactive ketones (excluding diaryl/α,β-unsaturated/α-hetero) is 1. The minimum absolute atomic E-state index is 0.123. The third kappa shape index (κ3) is 2.11. The van der Waals surface area contributed by atoms with Gasteiger partial charge in [-0.25, -0.2) is 9.07 Å². The van der Waals surface area contributed by atoms with Crippen molar-refractivity contribution in [2.24, 2.45) is 0 Å². The van der Waals surface area contributed by atoms with Crippen molar-refractivity contribution < 1.29 is 9.18 Å². The van der Waals surface area contributed by atoms with Crippen LogP contribution in [0.5, 0.6) is 0 Å². The number of fused-ring (bicyclic) bond motifs is 1. The van der Waals surface area contributed by atoms with E-state index in [1.54, 1.807) is 16.9 Å². The fourth-order valence-electron chi connectivity index (χ4n) is 1.71. The van der Waals surface area contributed by atoms with Gasteiger partial charge in [0.1, 0.15) is 11.5 Å². The largest absolute Gasteiger partial charge is 0.293 e. The maximum absolute atomic E-state index is 13.2. The lowest BCUT2D eigenvalue weighted by atomic mass is 10.1. The molecule has 0 fully saturated rings. The second-order valence-electron chi connectivity index (χ2n) is 4.22. The van der Waals surface area contributed by atoms with E-state index in [0.29, 0.717) is 16.6 Å². The van der Waals surface area contributed by atoms with Crippen LogP contribution in [0.1, 0.15) is 31.3 Å². The first-order valence-corrected chi connectivity index (χ1v) is 5.33. The van der Waals surface area contributed by atoms with Crippen molar-refractivity contribution in [1.82, 2.24) is 9.78 Å². The number of rotatable bonds is 2. The lowest BCUT2D eigenvalue weighted by Crippen LogP contribution is -1.96. The summed E-state index contributed by atoms with van der Waals surface area (Å²) in [4.78, 5) is 11.5. The molecular weight excluding hydrogens is 219 g/mol. The maximum Gasteiger partial charge on any atom is 0.180 e. The molecule has 0 aliphatic rings. The Morgan fingerprint density at radius 1 is 1.35 bits per heavy atom. The van der Waals surface area contributed by atoms with Crippen LogP contribution in [-0.2, 0) is 0 Å². The first-order chi connectivity index (χ1) is 7.99. The fraction of sp³-hybridized carbons (Fsp3) is 0.231. The Bertz CT molecular complexity index is 622. The molecule has 0 amide bonds. The van der Waals surface area contributed by atoms with E-state index in [-0.39, 0.29) is 11.6 Å². The lowest BCUT2D eigenvalue weighted by Gasteiger charge is -1.96. The zero-order valence-electron chi connectivity index (χ0n) is 9.99. The van der Waals surface area contributed by atoms with Crippen molar-refractivity contribution in [1.29, 1.82) is 0 Å². The second-order valence-corrected chi connectivity index (χ2v) is 4.22. The van der Waals surface area contributed by atoms with E-state index >= 15 is 0 Å². The number of halogens is 1. The van der Waals surface area contributed by atoms with Gasteiger partial charge in [0.2, 0.25) is 0 Å². The van der Waals surface area contributed by atoms with Gasteiger partial charge in [0.05, 0.1) is 5.52 Å². The molecule has 88 valence electrons. The zero-order valence-corrected chi connectivity index (χ0v) is 9.99. The number of allylic oxidation sites excluding steroid dienone is 1. The van der Waals surface area contributed by atoms with Gasteiger partial charge in [-0.1, -0.05) is 5.57 Å². The summed E-state index contributed by atoms with van der Waals surface area (Å²) in [5.41, 5.74) is 2.00. The lowest BCUT2D eigenvalue weighted by molar-refractivity contribution is 0.101. The monoisotopic (exact) mass is 232 g/mol. The summed E-state index contributed by atoms with van der Waals surface area (Å²) in [6.07, 6.45) is 1.77. The van der Waals surface area contributed by atoms with E-state index in [4.69, 9.17) is 0 Å². The maximum atomic E-state index is 13.2. The van der Waals surface area contributed by atoms with E-state index in [2.05, 4.69) is 5.10 Å². The molecule has 1 heterocycles. The van der Waals surface area contributed by atoms with Crippen LogP contribution in [0.3, 0.4) is 0 Å². The van der Waals surface area contributed by atoms with Crippen molar-refractivity contribution in [2.75, 3.05) is 0 Å². The smallest absolute Gasteiger partial charge is 0.180 e. The number of hydrogen-bond acceptors (Lipinski definition) is 2. The summed E-state index contributed by atoms with van der Waals surface area (Å²) < 4.78 is 14.8. The van der Waals surface area contributed by atoms with Crippen LogP contribution in [0.25, 0.3) is 17.1 Å². The number of nitrogens with zero attached hydrogens (tertiary/aromatic N) is 2. The minimum atomic E-state index is -0.337. The molecule has 0 saturated carbocycles. The molecule has 0 aliphatic carbocycles. The SMILES string of the molecule is CC(=O)c1nn(C=C(C)C)c2cc(F)ccc12. The Balaban J connectivity index is 2.80. The van der Waals surface area contributed by atoms with Gasteiger partial charge in [-0.05, 0) is 26.0 Å². The Kier molecular flexibility index (Phi) is 2.79. The predicted octanol–water partition coefficient (Wildman–Crippen LogP) is 3.26. The summed E-state index contributed by atoms with van der Waals surface area (Å²) in [6, 6.07) is 4.31. The minimum Gasteiger partial charge on any atom is -0.293 e. The first-order valence-electron chi connectivity index (χ1n) is 5.33. The molecule has 0 atom stereocenters. The highest BCUT2D eigenvalue weighted by Crippen LogP contribution is 2.21. The van der Waals surface area contributed by atoms with Gasteiger partial charge >= 0.3 is 0 Å². The zero-order chi connectivity index (χ0) is 12.6.